The molecule has 0 saturated carbocycles. The highest BCUT2D eigenvalue weighted by Crippen LogP contribution is 2.27. The minimum atomic E-state index is -0.524. The van der Waals surface area contributed by atoms with E-state index >= 15 is 0 Å². The fraction of sp³-hybridized carbons (Fsp3) is 0.350. The first-order valence-corrected chi connectivity index (χ1v) is 11.2. The molecule has 8 nitrogen and oxygen atoms in total. The lowest BCUT2D eigenvalue weighted by atomic mass is 10.1. The first-order valence-electron chi connectivity index (χ1n) is 9.32. The Hall–Kier alpha value is -2.72. The van der Waals surface area contributed by atoms with Gasteiger partial charge < -0.3 is 14.3 Å². The molecule has 0 fully saturated rings. The van der Waals surface area contributed by atoms with Crippen molar-refractivity contribution in [1.29, 1.82) is 0 Å². The molecule has 0 aliphatic heterocycles. The molecule has 3 aromatic heterocycles. The highest BCUT2D eigenvalue weighted by Gasteiger charge is 2.21. The molecule has 10 heteroatoms. The lowest BCUT2D eigenvalue weighted by Crippen LogP contribution is -2.17. The van der Waals surface area contributed by atoms with Gasteiger partial charge >= 0.3 is 5.97 Å². The first-order chi connectivity index (χ1) is 14.3. The second kappa shape index (κ2) is 9.40. The number of aryl methyl sites for hydroxylation is 1. The summed E-state index contributed by atoms with van der Waals surface area (Å²) in [6.07, 6.45) is 0. The van der Waals surface area contributed by atoms with Crippen molar-refractivity contribution in [3.8, 4) is 10.7 Å². The molecule has 3 heterocycles. The topological polar surface area (TPSA) is 107 Å². The van der Waals surface area contributed by atoms with E-state index in [2.05, 4.69) is 15.2 Å². The number of aromatic nitrogens is 4. The molecular weight excluding hydrogens is 424 g/mol. The zero-order valence-corrected chi connectivity index (χ0v) is 18.8. The number of nitrogens with one attached hydrogen (secondary N) is 1. The molecule has 0 aliphatic rings. The van der Waals surface area contributed by atoms with Crippen LogP contribution in [0, 0.1) is 13.8 Å². The third kappa shape index (κ3) is 4.54. The van der Waals surface area contributed by atoms with Gasteiger partial charge in [-0.15, -0.1) is 21.5 Å². The quantitative estimate of drug-likeness (QED) is 0.303. The summed E-state index contributed by atoms with van der Waals surface area (Å²) in [7, 11) is 0. The van der Waals surface area contributed by atoms with Crippen LogP contribution in [0.4, 0.5) is 0 Å². The predicted molar refractivity (Wildman–Crippen MR) is 115 cm³/mol. The average Bonchev–Trinajstić information content (AvgIpc) is 3.42. The van der Waals surface area contributed by atoms with E-state index in [1.165, 1.54) is 18.7 Å². The van der Waals surface area contributed by atoms with E-state index in [0.29, 0.717) is 34.2 Å². The van der Waals surface area contributed by atoms with Crippen molar-refractivity contribution in [2.75, 3.05) is 12.4 Å². The Kier molecular flexibility index (Phi) is 6.88. The van der Waals surface area contributed by atoms with Crippen molar-refractivity contribution in [1.82, 2.24) is 19.7 Å². The number of ketones is 2. The minimum Gasteiger partial charge on any atom is -0.457 e. The van der Waals surface area contributed by atoms with Gasteiger partial charge in [0.1, 0.15) is 0 Å². The molecule has 0 saturated heterocycles. The highest BCUT2D eigenvalue weighted by atomic mass is 32.2. The summed E-state index contributed by atoms with van der Waals surface area (Å²) >= 11 is 2.79. The van der Waals surface area contributed by atoms with Crippen molar-refractivity contribution in [3.05, 3.63) is 40.0 Å². The van der Waals surface area contributed by atoms with Gasteiger partial charge in [-0.1, -0.05) is 17.8 Å². The number of carbonyl (C=O) groups excluding carboxylic acids is 3. The van der Waals surface area contributed by atoms with E-state index in [0.717, 1.165) is 10.7 Å². The summed E-state index contributed by atoms with van der Waals surface area (Å²) in [4.78, 5) is 40.2. The number of H-pyrrole nitrogens is 1. The fourth-order valence-corrected chi connectivity index (χ4v) is 4.73. The number of Topliss-reactive ketones (excluding diaryl/α,β-unsaturated/α-hetero) is 2. The Bertz CT molecular complexity index is 1080. The molecule has 0 spiro atoms. The van der Waals surface area contributed by atoms with Crippen molar-refractivity contribution in [2.45, 2.75) is 39.4 Å². The van der Waals surface area contributed by atoms with Gasteiger partial charge in [0, 0.05) is 17.8 Å². The number of hydrogen-bond donors (Lipinski definition) is 1. The minimum absolute atomic E-state index is 0.0112. The largest absolute Gasteiger partial charge is 0.457 e. The van der Waals surface area contributed by atoms with Gasteiger partial charge in [0.15, 0.2) is 23.4 Å². The molecule has 0 aromatic carbocycles. The summed E-state index contributed by atoms with van der Waals surface area (Å²) in [5, 5.41) is 11.0. The maximum atomic E-state index is 12.4. The van der Waals surface area contributed by atoms with Gasteiger partial charge in [0.2, 0.25) is 5.78 Å². The second-order valence-electron chi connectivity index (χ2n) is 6.58. The van der Waals surface area contributed by atoms with Crippen LogP contribution in [0.3, 0.4) is 0 Å². The lowest BCUT2D eigenvalue weighted by Gasteiger charge is -2.06. The zero-order chi connectivity index (χ0) is 21.8. The van der Waals surface area contributed by atoms with Gasteiger partial charge in [0.05, 0.1) is 16.3 Å². The number of ether oxygens (including phenoxy) is 1. The van der Waals surface area contributed by atoms with Crippen molar-refractivity contribution in [3.63, 3.8) is 0 Å². The molecule has 0 radical (unpaired) electrons. The van der Waals surface area contributed by atoms with Crippen LogP contribution in [0.5, 0.6) is 0 Å². The summed E-state index contributed by atoms with van der Waals surface area (Å²) in [5.74, 6) is -0.243. The molecule has 0 atom stereocenters. The van der Waals surface area contributed by atoms with E-state index in [1.54, 1.807) is 25.2 Å². The Morgan fingerprint density at radius 3 is 2.63 bits per heavy atom. The van der Waals surface area contributed by atoms with E-state index in [4.69, 9.17) is 4.74 Å². The van der Waals surface area contributed by atoms with Crippen molar-refractivity contribution < 1.29 is 19.1 Å². The molecule has 0 unspecified atom stereocenters. The number of rotatable bonds is 9. The van der Waals surface area contributed by atoms with Crippen LogP contribution < -0.4 is 0 Å². The number of hydrogen-bond acceptors (Lipinski definition) is 8. The standard InChI is InChI=1S/C20H22N4O4S2/c1-5-24-19(15-7-6-8-29-15)22-23-20(24)30-10-16(27)28-9-14(26)18-11(2)17(13(4)25)12(3)21-18/h6-8,21H,5,9-10H2,1-4H3. The van der Waals surface area contributed by atoms with Gasteiger partial charge in [-0.3, -0.25) is 14.4 Å². The second-order valence-corrected chi connectivity index (χ2v) is 8.47. The van der Waals surface area contributed by atoms with Crippen LogP contribution in [-0.4, -0.2) is 49.6 Å². The third-order valence-electron chi connectivity index (χ3n) is 4.53. The van der Waals surface area contributed by atoms with Gasteiger partial charge in [-0.25, -0.2) is 0 Å². The van der Waals surface area contributed by atoms with Crippen LogP contribution >= 0.6 is 23.1 Å². The van der Waals surface area contributed by atoms with Crippen LogP contribution in [-0.2, 0) is 16.1 Å². The number of thioether (sulfide) groups is 1. The van der Waals surface area contributed by atoms with E-state index in [1.807, 2.05) is 29.0 Å². The SMILES string of the molecule is CCn1c(SCC(=O)OCC(=O)c2[nH]c(C)c(C(C)=O)c2C)nnc1-c1cccs1. The molecule has 0 bridgehead atoms. The molecule has 3 aromatic rings. The Morgan fingerprint density at radius 1 is 1.27 bits per heavy atom. The maximum absolute atomic E-state index is 12.4. The Balaban J connectivity index is 1.58. The normalized spacial score (nSPS) is 10.9. The molecule has 0 amide bonds. The fourth-order valence-electron chi connectivity index (χ4n) is 3.21. The molecule has 30 heavy (non-hydrogen) atoms. The average molecular weight is 447 g/mol. The first kappa shape index (κ1) is 22.0. The number of aromatic amines is 1. The Labute approximate surface area is 182 Å². The molecule has 3 rings (SSSR count). The summed E-state index contributed by atoms with van der Waals surface area (Å²) in [6, 6.07) is 3.92. The predicted octanol–water partition coefficient (Wildman–Crippen LogP) is 3.69. The summed E-state index contributed by atoms with van der Waals surface area (Å²) in [6.45, 7) is 7.15. The van der Waals surface area contributed by atoms with E-state index in [-0.39, 0.29) is 17.3 Å². The summed E-state index contributed by atoms with van der Waals surface area (Å²) in [5.41, 5.74) is 2.00. The number of thiophene rings is 1. The van der Waals surface area contributed by atoms with Crippen LogP contribution in [0.2, 0.25) is 0 Å². The van der Waals surface area contributed by atoms with Gasteiger partial charge in [-0.2, -0.15) is 0 Å². The molecule has 0 aliphatic carbocycles. The van der Waals surface area contributed by atoms with E-state index in [9.17, 15) is 14.4 Å². The Morgan fingerprint density at radius 2 is 2.03 bits per heavy atom. The van der Waals surface area contributed by atoms with Crippen molar-refractivity contribution in [2.24, 2.45) is 0 Å². The molecule has 1 N–H and O–H groups in total. The number of nitrogens with zero attached hydrogens (tertiary/aromatic N) is 3. The molecule has 158 valence electrons. The van der Waals surface area contributed by atoms with E-state index < -0.39 is 12.6 Å². The van der Waals surface area contributed by atoms with Crippen LogP contribution in [0.1, 0.15) is 46.0 Å². The zero-order valence-electron chi connectivity index (χ0n) is 17.1. The van der Waals surface area contributed by atoms with Crippen molar-refractivity contribution >= 4 is 40.6 Å². The number of carbonyl (C=O) groups is 3. The monoisotopic (exact) mass is 446 g/mol. The maximum Gasteiger partial charge on any atom is 0.316 e. The summed E-state index contributed by atoms with van der Waals surface area (Å²) < 4.78 is 7.06. The number of esters is 1. The van der Waals surface area contributed by atoms with Gasteiger partial charge in [-0.05, 0) is 44.7 Å². The van der Waals surface area contributed by atoms with Gasteiger partial charge in [0.25, 0.3) is 0 Å². The molecular formula is C20H22N4O4S2. The smallest absolute Gasteiger partial charge is 0.316 e. The third-order valence-corrected chi connectivity index (χ3v) is 6.33. The van der Waals surface area contributed by atoms with Crippen LogP contribution in [0.15, 0.2) is 22.7 Å². The van der Waals surface area contributed by atoms with Crippen LogP contribution in [0.25, 0.3) is 10.7 Å². The lowest BCUT2D eigenvalue weighted by molar-refractivity contribution is -0.139. The highest BCUT2D eigenvalue weighted by molar-refractivity contribution is 7.99.